The molecular formula is C14H17F3N2OS. The normalized spacial score (nSPS) is 16.2. The number of hydrogen-bond donors (Lipinski definition) is 2. The summed E-state index contributed by atoms with van der Waals surface area (Å²) in [6, 6.07) is 3.79. The maximum Gasteiger partial charge on any atom is 0.247 e. The fourth-order valence-corrected chi connectivity index (χ4v) is 2.93. The number of carbonyl (C=O) groups excluding carboxylic acids is 1. The van der Waals surface area contributed by atoms with Gasteiger partial charge in [-0.1, -0.05) is 0 Å². The Labute approximate surface area is 125 Å². The van der Waals surface area contributed by atoms with Crippen LogP contribution in [0.4, 0.5) is 18.9 Å². The van der Waals surface area contributed by atoms with Crippen molar-refractivity contribution in [1.82, 2.24) is 5.32 Å². The van der Waals surface area contributed by atoms with Gasteiger partial charge in [-0.3, -0.25) is 4.79 Å². The van der Waals surface area contributed by atoms with Gasteiger partial charge in [0.15, 0.2) is 0 Å². The number of amides is 1. The Morgan fingerprint density at radius 3 is 2.76 bits per heavy atom. The van der Waals surface area contributed by atoms with E-state index in [-0.39, 0.29) is 23.3 Å². The summed E-state index contributed by atoms with van der Waals surface area (Å²) in [5, 5.41) is 5.83. The van der Waals surface area contributed by atoms with Gasteiger partial charge in [0.25, 0.3) is 0 Å². The van der Waals surface area contributed by atoms with E-state index < -0.39 is 12.2 Å². The van der Waals surface area contributed by atoms with Crippen LogP contribution in [0.5, 0.6) is 0 Å². The van der Waals surface area contributed by atoms with Crippen LogP contribution < -0.4 is 10.6 Å². The second-order valence-electron chi connectivity index (χ2n) is 4.86. The van der Waals surface area contributed by atoms with Crippen molar-refractivity contribution < 1.29 is 18.0 Å². The van der Waals surface area contributed by atoms with Gasteiger partial charge in [-0.15, -0.1) is 11.8 Å². The molecule has 3 nitrogen and oxygen atoms in total. The van der Waals surface area contributed by atoms with Crippen molar-refractivity contribution in [1.29, 1.82) is 0 Å². The number of anilines is 1. The predicted octanol–water partition coefficient (Wildman–Crippen LogP) is 3.12. The first-order chi connectivity index (χ1) is 10.1. The van der Waals surface area contributed by atoms with E-state index >= 15 is 0 Å². The molecule has 116 valence electrons. The van der Waals surface area contributed by atoms with Crippen molar-refractivity contribution in [2.75, 3.05) is 24.2 Å². The molecule has 0 aromatic heterocycles. The van der Waals surface area contributed by atoms with Crippen molar-refractivity contribution in [3.63, 3.8) is 0 Å². The topological polar surface area (TPSA) is 41.1 Å². The van der Waals surface area contributed by atoms with Crippen molar-refractivity contribution in [2.24, 2.45) is 5.92 Å². The number of rotatable bonds is 5. The lowest BCUT2D eigenvalue weighted by atomic mass is 9.97. The number of alkyl halides is 2. The minimum atomic E-state index is -2.45. The van der Waals surface area contributed by atoms with E-state index in [1.54, 1.807) is 0 Å². The first-order valence-electron chi connectivity index (χ1n) is 6.78. The van der Waals surface area contributed by atoms with Crippen molar-refractivity contribution >= 4 is 23.4 Å². The van der Waals surface area contributed by atoms with Crippen molar-refractivity contribution in [3.8, 4) is 0 Å². The molecule has 1 aliphatic rings. The first kappa shape index (κ1) is 16.2. The zero-order valence-electron chi connectivity index (χ0n) is 11.4. The van der Waals surface area contributed by atoms with Gasteiger partial charge in [0.2, 0.25) is 12.3 Å². The summed E-state index contributed by atoms with van der Waals surface area (Å²) in [7, 11) is 0. The molecule has 0 unspecified atom stereocenters. The summed E-state index contributed by atoms with van der Waals surface area (Å²) in [4.78, 5) is 12.6. The number of nitrogens with one attached hydrogen (secondary N) is 2. The van der Waals surface area contributed by atoms with E-state index in [1.807, 2.05) is 0 Å². The lowest BCUT2D eigenvalue weighted by molar-refractivity contribution is -0.120. The van der Waals surface area contributed by atoms with Crippen molar-refractivity contribution in [3.05, 3.63) is 24.0 Å². The zero-order valence-corrected chi connectivity index (χ0v) is 12.2. The molecule has 0 atom stereocenters. The monoisotopic (exact) mass is 318 g/mol. The van der Waals surface area contributed by atoms with Crippen LogP contribution in [0, 0.1) is 11.7 Å². The molecule has 0 radical (unpaired) electrons. The van der Waals surface area contributed by atoms with Gasteiger partial charge in [0.05, 0.1) is 11.4 Å². The van der Waals surface area contributed by atoms with E-state index in [9.17, 15) is 18.0 Å². The second-order valence-corrected chi connectivity index (χ2v) is 5.92. The molecule has 2 N–H and O–H groups in total. The minimum absolute atomic E-state index is 0.123. The van der Waals surface area contributed by atoms with E-state index in [4.69, 9.17) is 0 Å². The van der Waals surface area contributed by atoms with Crippen LogP contribution in [0.1, 0.15) is 12.8 Å². The van der Waals surface area contributed by atoms with Gasteiger partial charge in [0, 0.05) is 10.8 Å². The van der Waals surface area contributed by atoms with Gasteiger partial charge in [-0.05, 0) is 44.1 Å². The first-order valence-corrected chi connectivity index (χ1v) is 7.77. The molecule has 2 rings (SSSR count). The molecule has 7 heteroatoms. The zero-order chi connectivity index (χ0) is 15.2. The third-order valence-electron chi connectivity index (χ3n) is 3.27. The number of hydrogen-bond acceptors (Lipinski definition) is 3. The van der Waals surface area contributed by atoms with Crippen LogP contribution in [-0.2, 0) is 4.79 Å². The smallest absolute Gasteiger partial charge is 0.247 e. The predicted molar refractivity (Wildman–Crippen MR) is 77.4 cm³/mol. The summed E-state index contributed by atoms with van der Waals surface area (Å²) in [6.07, 6.45) is -1.01. The SMILES string of the molecule is O=C(Nc1cc(F)ccc1SCC(F)F)C1CCNCC1. The van der Waals surface area contributed by atoms with Gasteiger partial charge in [0.1, 0.15) is 5.82 Å². The lowest BCUT2D eigenvalue weighted by Gasteiger charge is -2.22. The van der Waals surface area contributed by atoms with Crippen LogP contribution in [0.3, 0.4) is 0 Å². The van der Waals surface area contributed by atoms with Crippen LogP contribution in [-0.4, -0.2) is 31.2 Å². The van der Waals surface area contributed by atoms with Gasteiger partial charge in [-0.2, -0.15) is 0 Å². The summed E-state index contributed by atoms with van der Waals surface area (Å²) in [6.45, 7) is 1.54. The molecule has 1 saturated heterocycles. The highest BCUT2D eigenvalue weighted by atomic mass is 32.2. The number of piperidine rings is 1. The Bertz CT molecular complexity index is 493. The molecule has 1 fully saturated rings. The van der Waals surface area contributed by atoms with Crippen molar-refractivity contribution in [2.45, 2.75) is 24.2 Å². The van der Waals surface area contributed by atoms with E-state index in [2.05, 4.69) is 10.6 Å². The summed E-state index contributed by atoms with van der Waals surface area (Å²) >= 11 is 0.909. The Morgan fingerprint density at radius 2 is 2.10 bits per heavy atom. The summed E-state index contributed by atoms with van der Waals surface area (Å²) in [5.41, 5.74) is 0.268. The van der Waals surface area contributed by atoms with Crippen LogP contribution in [0.15, 0.2) is 23.1 Å². The molecule has 1 heterocycles. The maximum absolute atomic E-state index is 13.3. The lowest BCUT2D eigenvalue weighted by Crippen LogP contribution is -2.34. The quantitative estimate of drug-likeness (QED) is 0.820. The third kappa shape index (κ3) is 4.93. The average molecular weight is 318 g/mol. The Kier molecular flexibility index (Phi) is 5.93. The maximum atomic E-state index is 13.3. The Morgan fingerprint density at radius 1 is 1.38 bits per heavy atom. The fraction of sp³-hybridized carbons (Fsp3) is 0.500. The highest BCUT2D eigenvalue weighted by Crippen LogP contribution is 2.30. The average Bonchev–Trinajstić information content (AvgIpc) is 2.47. The Hall–Kier alpha value is -1.21. The molecule has 1 aromatic carbocycles. The molecule has 0 saturated carbocycles. The standard InChI is InChI=1S/C14H17F3N2OS/c15-10-1-2-12(21-8-13(16)17)11(7-10)19-14(20)9-3-5-18-6-4-9/h1-2,7,9,13,18H,3-6,8H2,(H,19,20). The summed E-state index contributed by atoms with van der Waals surface area (Å²) < 4.78 is 37.9. The van der Waals surface area contributed by atoms with Gasteiger partial charge >= 0.3 is 0 Å². The third-order valence-corrected chi connectivity index (χ3v) is 4.36. The molecule has 21 heavy (non-hydrogen) atoms. The van der Waals surface area contributed by atoms with E-state index in [0.717, 1.165) is 37.7 Å². The number of benzene rings is 1. The molecule has 1 amide bonds. The van der Waals surface area contributed by atoms with E-state index in [1.165, 1.54) is 18.2 Å². The fourth-order valence-electron chi connectivity index (χ4n) is 2.20. The van der Waals surface area contributed by atoms with Crippen LogP contribution in [0.2, 0.25) is 0 Å². The largest absolute Gasteiger partial charge is 0.325 e. The van der Waals surface area contributed by atoms with Crippen LogP contribution >= 0.6 is 11.8 Å². The second kappa shape index (κ2) is 7.70. The molecule has 1 aromatic rings. The molecule has 0 aliphatic carbocycles. The number of thioether (sulfide) groups is 1. The molecular weight excluding hydrogens is 301 g/mol. The molecule has 0 spiro atoms. The molecule has 0 bridgehead atoms. The highest BCUT2D eigenvalue weighted by Gasteiger charge is 2.22. The van der Waals surface area contributed by atoms with Crippen LogP contribution in [0.25, 0.3) is 0 Å². The highest BCUT2D eigenvalue weighted by molar-refractivity contribution is 7.99. The number of carbonyl (C=O) groups is 1. The van der Waals surface area contributed by atoms with Gasteiger partial charge in [-0.25, -0.2) is 13.2 Å². The molecule has 1 aliphatic heterocycles. The Balaban J connectivity index is 2.06. The summed E-state index contributed by atoms with van der Waals surface area (Å²) in [5.74, 6) is -1.19. The number of halogens is 3. The van der Waals surface area contributed by atoms with Gasteiger partial charge < -0.3 is 10.6 Å². The van der Waals surface area contributed by atoms with E-state index in [0.29, 0.717) is 4.90 Å². The minimum Gasteiger partial charge on any atom is -0.325 e.